The van der Waals surface area contributed by atoms with Crippen molar-refractivity contribution >= 4 is 11.6 Å². The van der Waals surface area contributed by atoms with Crippen LogP contribution >= 0.6 is 0 Å². The van der Waals surface area contributed by atoms with Crippen LogP contribution in [0.1, 0.15) is 22.8 Å². The van der Waals surface area contributed by atoms with Gasteiger partial charge in [-0.2, -0.15) is 0 Å². The highest BCUT2D eigenvalue weighted by molar-refractivity contribution is 5.94. The molecule has 0 spiro atoms. The Morgan fingerprint density at radius 3 is 2.86 bits per heavy atom. The summed E-state index contributed by atoms with van der Waals surface area (Å²) in [4.78, 5) is 16.2. The van der Waals surface area contributed by atoms with E-state index in [4.69, 9.17) is 10.6 Å². The second-order valence-electron chi connectivity index (χ2n) is 2.94. The fraction of sp³-hybridized carbons (Fsp3) is 0.300. The van der Waals surface area contributed by atoms with E-state index < -0.39 is 0 Å². The number of hydrogen-bond donors (Lipinski definition) is 2. The first kappa shape index (κ1) is 10.5. The van der Waals surface area contributed by atoms with Crippen LogP contribution < -0.4 is 11.2 Å². The second-order valence-corrected chi connectivity index (χ2v) is 2.94. The molecule has 0 aromatic heterocycles. The first-order valence-electron chi connectivity index (χ1n) is 4.43. The van der Waals surface area contributed by atoms with Crippen LogP contribution in [0.2, 0.25) is 0 Å². The fourth-order valence-corrected chi connectivity index (χ4v) is 0.978. The molecule has 0 atom stereocenters. The average Bonchev–Trinajstić information content (AvgIpc) is 2.18. The number of nitrogen functional groups attached to an aromatic ring is 1. The zero-order valence-corrected chi connectivity index (χ0v) is 8.33. The molecule has 0 saturated carbocycles. The van der Waals surface area contributed by atoms with Gasteiger partial charge in [-0.25, -0.2) is 5.48 Å². The van der Waals surface area contributed by atoms with Crippen molar-refractivity contribution in [3.8, 4) is 0 Å². The summed E-state index contributed by atoms with van der Waals surface area (Å²) in [5.41, 5.74) is 10.0. The van der Waals surface area contributed by atoms with Crippen molar-refractivity contribution in [1.29, 1.82) is 0 Å². The second kappa shape index (κ2) is 4.62. The monoisotopic (exact) mass is 194 g/mol. The standard InChI is InChI=1S/C10H14N2O2/c1-3-14-12-10(13)8-5-4-7(2)9(11)6-8/h4-6H,3,11H2,1-2H3,(H,12,13). The molecule has 0 bridgehead atoms. The molecule has 3 N–H and O–H groups in total. The van der Waals surface area contributed by atoms with Crippen LogP contribution in [0, 0.1) is 6.92 Å². The third-order valence-electron chi connectivity index (χ3n) is 1.85. The van der Waals surface area contributed by atoms with Crippen LogP contribution in [0.5, 0.6) is 0 Å². The Labute approximate surface area is 83.0 Å². The number of hydroxylamine groups is 1. The number of benzene rings is 1. The zero-order chi connectivity index (χ0) is 10.6. The van der Waals surface area contributed by atoms with Gasteiger partial charge in [-0.3, -0.25) is 9.63 Å². The molecule has 0 radical (unpaired) electrons. The van der Waals surface area contributed by atoms with E-state index in [0.717, 1.165) is 5.56 Å². The van der Waals surface area contributed by atoms with Gasteiger partial charge >= 0.3 is 0 Å². The summed E-state index contributed by atoms with van der Waals surface area (Å²) in [5, 5.41) is 0. The molecule has 4 nitrogen and oxygen atoms in total. The summed E-state index contributed by atoms with van der Waals surface area (Å²) in [5.74, 6) is -0.279. The van der Waals surface area contributed by atoms with Gasteiger partial charge in [0.1, 0.15) is 0 Å². The normalized spacial score (nSPS) is 9.86. The van der Waals surface area contributed by atoms with E-state index in [0.29, 0.717) is 17.9 Å². The predicted molar refractivity (Wildman–Crippen MR) is 54.7 cm³/mol. The third-order valence-corrected chi connectivity index (χ3v) is 1.85. The van der Waals surface area contributed by atoms with Crippen molar-refractivity contribution in [2.45, 2.75) is 13.8 Å². The van der Waals surface area contributed by atoms with Crippen LogP contribution in [0.4, 0.5) is 5.69 Å². The lowest BCUT2D eigenvalue weighted by molar-refractivity contribution is 0.0364. The number of nitrogens with two attached hydrogens (primary N) is 1. The zero-order valence-electron chi connectivity index (χ0n) is 8.33. The van der Waals surface area contributed by atoms with Crippen molar-refractivity contribution < 1.29 is 9.63 Å². The number of nitrogens with one attached hydrogen (secondary N) is 1. The number of carbonyl (C=O) groups excluding carboxylic acids is 1. The number of carbonyl (C=O) groups is 1. The molecule has 0 heterocycles. The van der Waals surface area contributed by atoms with Gasteiger partial charge in [0.05, 0.1) is 6.61 Å². The van der Waals surface area contributed by atoms with Gasteiger partial charge in [0.2, 0.25) is 0 Å². The highest BCUT2D eigenvalue weighted by Crippen LogP contribution is 2.12. The van der Waals surface area contributed by atoms with E-state index >= 15 is 0 Å². The molecular weight excluding hydrogens is 180 g/mol. The minimum absolute atomic E-state index is 0.279. The Morgan fingerprint density at radius 2 is 2.29 bits per heavy atom. The number of hydrogen-bond acceptors (Lipinski definition) is 3. The van der Waals surface area contributed by atoms with Crippen molar-refractivity contribution in [3.63, 3.8) is 0 Å². The van der Waals surface area contributed by atoms with Crippen LogP contribution in [0.3, 0.4) is 0 Å². The van der Waals surface area contributed by atoms with Gasteiger partial charge in [0.25, 0.3) is 5.91 Å². The Morgan fingerprint density at radius 1 is 1.57 bits per heavy atom. The van der Waals surface area contributed by atoms with E-state index in [9.17, 15) is 4.79 Å². The Balaban J connectivity index is 2.76. The summed E-state index contributed by atoms with van der Waals surface area (Å²) in [7, 11) is 0. The molecule has 4 heteroatoms. The van der Waals surface area contributed by atoms with E-state index in [1.165, 1.54) is 0 Å². The highest BCUT2D eigenvalue weighted by Gasteiger charge is 2.05. The third kappa shape index (κ3) is 2.47. The largest absolute Gasteiger partial charge is 0.398 e. The lowest BCUT2D eigenvalue weighted by atomic mass is 10.1. The average molecular weight is 194 g/mol. The minimum atomic E-state index is -0.279. The van der Waals surface area contributed by atoms with Gasteiger partial charge in [0.15, 0.2) is 0 Å². The highest BCUT2D eigenvalue weighted by atomic mass is 16.6. The van der Waals surface area contributed by atoms with Crippen LogP contribution in [0.15, 0.2) is 18.2 Å². The lowest BCUT2D eigenvalue weighted by Crippen LogP contribution is -2.23. The van der Waals surface area contributed by atoms with E-state index in [1.807, 2.05) is 6.92 Å². The van der Waals surface area contributed by atoms with Crippen LogP contribution in [-0.2, 0) is 4.84 Å². The van der Waals surface area contributed by atoms with Gasteiger partial charge < -0.3 is 5.73 Å². The van der Waals surface area contributed by atoms with Crippen LogP contribution in [0.25, 0.3) is 0 Å². The Hall–Kier alpha value is -1.55. The summed E-state index contributed by atoms with van der Waals surface area (Å²) in [6.07, 6.45) is 0. The van der Waals surface area contributed by atoms with E-state index in [1.54, 1.807) is 25.1 Å². The molecule has 76 valence electrons. The summed E-state index contributed by atoms with van der Waals surface area (Å²) in [6.45, 7) is 4.12. The van der Waals surface area contributed by atoms with Gasteiger partial charge in [-0.15, -0.1) is 0 Å². The molecule has 0 fully saturated rings. The molecule has 0 aliphatic rings. The smallest absolute Gasteiger partial charge is 0.274 e. The number of rotatable bonds is 3. The lowest BCUT2D eigenvalue weighted by Gasteiger charge is -2.05. The molecule has 0 aliphatic carbocycles. The molecule has 0 saturated heterocycles. The van der Waals surface area contributed by atoms with Gasteiger partial charge in [-0.05, 0) is 31.5 Å². The fourth-order valence-electron chi connectivity index (χ4n) is 0.978. The molecule has 1 aromatic carbocycles. The minimum Gasteiger partial charge on any atom is -0.398 e. The maximum Gasteiger partial charge on any atom is 0.274 e. The first-order valence-corrected chi connectivity index (χ1v) is 4.43. The molecule has 1 aromatic rings. The maximum atomic E-state index is 11.4. The van der Waals surface area contributed by atoms with E-state index in [2.05, 4.69) is 5.48 Å². The molecule has 1 amide bonds. The molecule has 1 rings (SSSR count). The summed E-state index contributed by atoms with van der Waals surface area (Å²) >= 11 is 0. The molecular formula is C10H14N2O2. The molecule has 14 heavy (non-hydrogen) atoms. The SMILES string of the molecule is CCONC(=O)c1ccc(C)c(N)c1. The Bertz CT molecular complexity index is 337. The predicted octanol–water partition coefficient (Wildman–Crippen LogP) is 1.26. The van der Waals surface area contributed by atoms with Crippen molar-refractivity contribution in [3.05, 3.63) is 29.3 Å². The maximum absolute atomic E-state index is 11.4. The summed E-state index contributed by atoms with van der Waals surface area (Å²) in [6, 6.07) is 5.14. The van der Waals surface area contributed by atoms with Gasteiger partial charge in [-0.1, -0.05) is 6.07 Å². The van der Waals surface area contributed by atoms with Crippen molar-refractivity contribution in [1.82, 2.24) is 5.48 Å². The number of anilines is 1. The Kier molecular flexibility index (Phi) is 3.48. The quantitative estimate of drug-likeness (QED) is 0.562. The van der Waals surface area contributed by atoms with Crippen molar-refractivity contribution in [2.24, 2.45) is 0 Å². The van der Waals surface area contributed by atoms with E-state index in [-0.39, 0.29) is 5.91 Å². The summed E-state index contributed by atoms with van der Waals surface area (Å²) < 4.78 is 0. The molecule has 0 unspecified atom stereocenters. The van der Waals surface area contributed by atoms with Crippen LogP contribution in [-0.4, -0.2) is 12.5 Å². The number of aryl methyl sites for hydroxylation is 1. The van der Waals surface area contributed by atoms with Gasteiger partial charge in [0, 0.05) is 11.3 Å². The molecule has 0 aliphatic heterocycles. The van der Waals surface area contributed by atoms with Crippen molar-refractivity contribution in [2.75, 3.05) is 12.3 Å². The topological polar surface area (TPSA) is 64.3 Å². The number of amides is 1. The first-order chi connectivity index (χ1) is 6.65.